The minimum Gasteiger partial charge on any atom is -0.330 e. The molecule has 0 aliphatic rings. The molecule has 0 heterocycles. The van der Waals surface area contributed by atoms with Gasteiger partial charge >= 0.3 is 0 Å². The van der Waals surface area contributed by atoms with Crippen LogP contribution in [-0.2, 0) is 16.4 Å². The maximum Gasteiger partial charge on any atom is 0.240 e. The third kappa shape index (κ3) is 6.03. The number of unbranched alkanes of at least 4 members (excludes halogenated alkanes) is 1. The van der Waals surface area contributed by atoms with Gasteiger partial charge in [0.2, 0.25) is 10.0 Å². The fourth-order valence-electron chi connectivity index (χ4n) is 1.97. The predicted molar refractivity (Wildman–Crippen MR) is 83.1 cm³/mol. The summed E-state index contributed by atoms with van der Waals surface area (Å²) in [4.78, 5) is 0.321. The number of nitrogens with one attached hydrogen (secondary N) is 1. The standard InChI is InChI=1S/C15H26N2O2S/c1-13(2)5-3-4-12-17-20(18,19)15-8-6-14(7-9-15)10-11-16/h6-9,13,17H,3-5,10-12,16H2,1-2H3. The molecule has 114 valence electrons. The van der Waals surface area contributed by atoms with Crippen LogP contribution >= 0.6 is 0 Å². The molecule has 20 heavy (non-hydrogen) atoms. The van der Waals surface area contributed by atoms with Crippen molar-refractivity contribution in [1.82, 2.24) is 4.72 Å². The number of nitrogens with two attached hydrogens (primary N) is 1. The van der Waals surface area contributed by atoms with E-state index in [0.29, 0.717) is 23.9 Å². The van der Waals surface area contributed by atoms with Crippen molar-refractivity contribution in [3.63, 3.8) is 0 Å². The summed E-state index contributed by atoms with van der Waals surface area (Å²) in [6.07, 6.45) is 3.83. The lowest BCUT2D eigenvalue weighted by molar-refractivity contribution is 0.530. The molecule has 0 aromatic heterocycles. The molecule has 0 saturated heterocycles. The highest BCUT2D eigenvalue weighted by atomic mass is 32.2. The average molecular weight is 298 g/mol. The van der Waals surface area contributed by atoms with Crippen LogP contribution in [-0.4, -0.2) is 21.5 Å². The van der Waals surface area contributed by atoms with Crippen molar-refractivity contribution in [2.75, 3.05) is 13.1 Å². The van der Waals surface area contributed by atoms with Crippen LogP contribution < -0.4 is 10.5 Å². The highest BCUT2D eigenvalue weighted by molar-refractivity contribution is 7.89. The maximum atomic E-state index is 12.1. The second-order valence-electron chi connectivity index (χ2n) is 5.47. The lowest BCUT2D eigenvalue weighted by atomic mass is 10.1. The Hall–Kier alpha value is -0.910. The van der Waals surface area contributed by atoms with Crippen LogP contribution in [0.25, 0.3) is 0 Å². The third-order valence-electron chi connectivity index (χ3n) is 3.17. The van der Waals surface area contributed by atoms with Gasteiger partial charge in [0.25, 0.3) is 0 Å². The Morgan fingerprint density at radius 3 is 2.35 bits per heavy atom. The maximum absolute atomic E-state index is 12.1. The van der Waals surface area contributed by atoms with Gasteiger partial charge in [0.05, 0.1) is 4.90 Å². The molecule has 0 bridgehead atoms. The summed E-state index contributed by atoms with van der Waals surface area (Å²) in [5, 5.41) is 0. The van der Waals surface area contributed by atoms with Gasteiger partial charge in [-0.3, -0.25) is 0 Å². The molecule has 1 rings (SSSR count). The van der Waals surface area contributed by atoms with Crippen molar-refractivity contribution in [1.29, 1.82) is 0 Å². The zero-order valence-electron chi connectivity index (χ0n) is 12.4. The highest BCUT2D eigenvalue weighted by Gasteiger charge is 2.12. The van der Waals surface area contributed by atoms with Gasteiger partial charge in [-0.1, -0.05) is 38.8 Å². The van der Waals surface area contributed by atoms with Crippen LogP contribution in [0.4, 0.5) is 0 Å². The van der Waals surface area contributed by atoms with E-state index in [-0.39, 0.29) is 0 Å². The number of sulfonamides is 1. The zero-order chi connectivity index (χ0) is 15.0. The normalized spacial score (nSPS) is 12.0. The summed E-state index contributed by atoms with van der Waals surface area (Å²) in [7, 11) is -3.37. The monoisotopic (exact) mass is 298 g/mol. The van der Waals surface area contributed by atoms with E-state index in [2.05, 4.69) is 18.6 Å². The molecule has 4 nitrogen and oxygen atoms in total. The molecular formula is C15H26N2O2S. The number of rotatable bonds is 9. The highest BCUT2D eigenvalue weighted by Crippen LogP contribution is 2.11. The molecule has 0 radical (unpaired) electrons. The Kier molecular flexibility index (Phi) is 7.19. The molecule has 0 aliphatic carbocycles. The van der Waals surface area contributed by atoms with E-state index in [1.807, 2.05) is 12.1 Å². The molecule has 3 N–H and O–H groups in total. The van der Waals surface area contributed by atoms with Gasteiger partial charge in [-0.15, -0.1) is 0 Å². The molecular weight excluding hydrogens is 272 g/mol. The molecule has 0 amide bonds. The molecule has 0 unspecified atom stereocenters. The predicted octanol–water partition coefficient (Wildman–Crippen LogP) is 2.29. The molecule has 0 atom stereocenters. The zero-order valence-corrected chi connectivity index (χ0v) is 13.2. The van der Waals surface area contributed by atoms with Crippen molar-refractivity contribution >= 4 is 10.0 Å². The first kappa shape index (κ1) is 17.1. The molecule has 0 spiro atoms. The Balaban J connectivity index is 2.47. The lowest BCUT2D eigenvalue weighted by Gasteiger charge is -2.08. The summed E-state index contributed by atoms with van der Waals surface area (Å²) in [5.41, 5.74) is 6.53. The average Bonchev–Trinajstić information content (AvgIpc) is 2.39. The van der Waals surface area contributed by atoms with E-state index in [0.717, 1.165) is 31.2 Å². The van der Waals surface area contributed by atoms with Crippen molar-refractivity contribution in [3.8, 4) is 0 Å². The van der Waals surface area contributed by atoms with Gasteiger partial charge in [-0.25, -0.2) is 13.1 Å². The number of hydrogen-bond donors (Lipinski definition) is 2. The van der Waals surface area contributed by atoms with Crippen LogP contribution in [0.5, 0.6) is 0 Å². The molecule has 0 aliphatic heterocycles. The fourth-order valence-corrected chi connectivity index (χ4v) is 3.04. The van der Waals surface area contributed by atoms with E-state index in [1.165, 1.54) is 0 Å². The Bertz CT molecular complexity index is 481. The van der Waals surface area contributed by atoms with Crippen LogP contribution in [0.1, 0.15) is 38.7 Å². The summed E-state index contributed by atoms with van der Waals surface area (Å²) in [6.45, 7) is 5.42. The molecule has 0 fully saturated rings. The van der Waals surface area contributed by atoms with E-state index in [1.54, 1.807) is 12.1 Å². The van der Waals surface area contributed by atoms with Gasteiger partial charge in [-0.2, -0.15) is 0 Å². The van der Waals surface area contributed by atoms with Crippen LogP contribution in [0, 0.1) is 5.92 Å². The van der Waals surface area contributed by atoms with Crippen LogP contribution in [0.15, 0.2) is 29.2 Å². The first-order chi connectivity index (χ1) is 9.45. The summed E-state index contributed by atoms with van der Waals surface area (Å²) < 4.78 is 26.8. The van der Waals surface area contributed by atoms with Crippen LogP contribution in [0.3, 0.4) is 0 Å². The SMILES string of the molecule is CC(C)CCCCNS(=O)(=O)c1ccc(CCN)cc1. The Labute approximate surface area is 122 Å². The van der Waals surface area contributed by atoms with E-state index in [9.17, 15) is 8.42 Å². The first-order valence-electron chi connectivity index (χ1n) is 7.24. The second kappa shape index (κ2) is 8.39. The van der Waals surface area contributed by atoms with E-state index < -0.39 is 10.0 Å². The molecule has 0 saturated carbocycles. The quantitative estimate of drug-likeness (QED) is 0.687. The second-order valence-corrected chi connectivity index (χ2v) is 7.24. The summed E-state index contributed by atoms with van der Waals surface area (Å²) >= 11 is 0. The lowest BCUT2D eigenvalue weighted by Crippen LogP contribution is -2.24. The fraction of sp³-hybridized carbons (Fsp3) is 0.600. The topological polar surface area (TPSA) is 72.2 Å². The van der Waals surface area contributed by atoms with Gasteiger partial charge in [-0.05, 0) is 43.0 Å². The minimum absolute atomic E-state index is 0.321. The Morgan fingerprint density at radius 1 is 1.15 bits per heavy atom. The van der Waals surface area contributed by atoms with E-state index >= 15 is 0 Å². The van der Waals surface area contributed by atoms with Gasteiger partial charge in [0.1, 0.15) is 0 Å². The van der Waals surface area contributed by atoms with Gasteiger partial charge in [0, 0.05) is 6.54 Å². The molecule has 1 aromatic carbocycles. The molecule has 1 aromatic rings. The minimum atomic E-state index is -3.37. The summed E-state index contributed by atoms with van der Waals surface area (Å²) in [6, 6.07) is 6.92. The Morgan fingerprint density at radius 2 is 1.80 bits per heavy atom. The van der Waals surface area contributed by atoms with Gasteiger partial charge in [0.15, 0.2) is 0 Å². The van der Waals surface area contributed by atoms with E-state index in [4.69, 9.17) is 5.73 Å². The van der Waals surface area contributed by atoms with Crippen molar-refractivity contribution < 1.29 is 8.42 Å². The summed E-state index contributed by atoms with van der Waals surface area (Å²) in [5.74, 6) is 0.668. The number of benzene rings is 1. The largest absolute Gasteiger partial charge is 0.330 e. The number of hydrogen-bond acceptors (Lipinski definition) is 3. The van der Waals surface area contributed by atoms with Crippen molar-refractivity contribution in [3.05, 3.63) is 29.8 Å². The third-order valence-corrected chi connectivity index (χ3v) is 4.64. The molecule has 5 heteroatoms. The first-order valence-corrected chi connectivity index (χ1v) is 8.72. The van der Waals surface area contributed by atoms with Gasteiger partial charge < -0.3 is 5.73 Å². The van der Waals surface area contributed by atoms with Crippen molar-refractivity contribution in [2.24, 2.45) is 11.7 Å². The van der Waals surface area contributed by atoms with Crippen molar-refractivity contribution in [2.45, 2.75) is 44.4 Å². The van der Waals surface area contributed by atoms with Crippen LogP contribution in [0.2, 0.25) is 0 Å². The smallest absolute Gasteiger partial charge is 0.240 e.